The van der Waals surface area contributed by atoms with Crippen LogP contribution in [0.1, 0.15) is 33.4 Å². The Morgan fingerprint density at radius 2 is 1.95 bits per heavy atom. The molecule has 0 aromatic carbocycles. The lowest BCUT2D eigenvalue weighted by Gasteiger charge is -2.22. The largest absolute Gasteiger partial charge is 0.369 e. The van der Waals surface area contributed by atoms with E-state index in [2.05, 4.69) is 65.6 Å². The molecule has 1 N–H and O–H groups in total. The van der Waals surface area contributed by atoms with Gasteiger partial charge in [0.1, 0.15) is 11.5 Å². The molecule has 20 heavy (non-hydrogen) atoms. The van der Waals surface area contributed by atoms with E-state index in [1.165, 1.54) is 0 Å². The summed E-state index contributed by atoms with van der Waals surface area (Å²) in [7, 11) is 0. The molecule has 2 rings (SSSR count). The lowest BCUT2D eigenvalue weighted by molar-refractivity contribution is 0.564. The van der Waals surface area contributed by atoms with Crippen LogP contribution in [-0.2, 0) is 5.41 Å². The molecule has 0 atom stereocenters. The Balaban J connectivity index is 2.62. The average Bonchev–Trinajstić information content (AvgIpc) is 2.41. The molecule has 0 bridgehead atoms. The summed E-state index contributed by atoms with van der Waals surface area (Å²) in [5, 5.41) is 3.31. The Hall–Kier alpha value is -1.24. The maximum atomic E-state index is 4.74. The first-order chi connectivity index (χ1) is 9.43. The van der Waals surface area contributed by atoms with Crippen molar-refractivity contribution in [1.29, 1.82) is 0 Å². The van der Waals surface area contributed by atoms with E-state index < -0.39 is 0 Å². The minimum atomic E-state index is -0.0346. The van der Waals surface area contributed by atoms with Gasteiger partial charge in [0.05, 0.1) is 9.26 Å². The summed E-state index contributed by atoms with van der Waals surface area (Å²) in [6.45, 7) is 9.38. The van der Waals surface area contributed by atoms with Gasteiger partial charge < -0.3 is 5.32 Å². The summed E-state index contributed by atoms with van der Waals surface area (Å²) in [5.74, 6) is 1.56. The van der Waals surface area contributed by atoms with E-state index in [0.717, 1.165) is 27.3 Å². The molecule has 4 nitrogen and oxygen atoms in total. The van der Waals surface area contributed by atoms with Crippen LogP contribution >= 0.6 is 22.6 Å². The van der Waals surface area contributed by atoms with Gasteiger partial charge in [0.15, 0.2) is 5.82 Å². The van der Waals surface area contributed by atoms with Gasteiger partial charge in [0, 0.05) is 18.2 Å². The first kappa shape index (κ1) is 15.2. The quantitative estimate of drug-likeness (QED) is 0.819. The monoisotopic (exact) mass is 382 g/mol. The zero-order valence-electron chi connectivity index (χ0n) is 12.2. The van der Waals surface area contributed by atoms with E-state index in [9.17, 15) is 0 Å². The zero-order valence-corrected chi connectivity index (χ0v) is 14.4. The van der Waals surface area contributed by atoms with Crippen LogP contribution in [0.5, 0.6) is 0 Å². The van der Waals surface area contributed by atoms with Crippen LogP contribution in [0.4, 0.5) is 5.82 Å². The van der Waals surface area contributed by atoms with Crippen molar-refractivity contribution in [1.82, 2.24) is 15.0 Å². The molecular formula is C15H19IN4. The summed E-state index contributed by atoms with van der Waals surface area (Å²) in [6, 6.07) is 5.78. The second-order valence-electron chi connectivity index (χ2n) is 5.55. The Labute approximate surface area is 133 Å². The number of halogens is 1. The molecule has 0 radical (unpaired) electrons. The molecule has 0 saturated heterocycles. The van der Waals surface area contributed by atoms with Crippen LogP contribution in [0, 0.1) is 3.57 Å². The normalized spacial score (nSPS) is 11.4. The SMILES string of the molecule is CCNc1nc(-c2ccccn2)nc(C(C)(C)C)c1I. The summed E-state index contributed by atoms with van der Waals surface area (Å²) in [5.41, 5.74) is 1.81. The Morgan fingerprint density at radius 3 is 2.50 bits per heavy atom. The summed E-state index contributed by atoms with van der Waals surface area (Å²) in [4.78, 5) is 13.7. The van der Waals surface area contributed by atoms with Gasteiger partial charge in [-0.25, -0.2) is 9.97 Å². The van der Waals surface area contributed by atoms with Crippen LogP contribution in [0.15, 0.2) is 24.4 Å². The van der Waals surface area contributed by atoms with E-state index in [0.29, 0.717) is 5.82 Å². The summed E-state index contributed by atoms with van der Waals surface area (Å²) in [6.07, 6.45) is 1.76. The van der Waals surface area contributed by atoms with Gasteiger partial charge in [0.2, 0.25) is 0 Å². The Morgan fingerprint density at radius 1 is 1.20 bits per heavy atom. The molecule has 0 amide bonds. The Kier molecular flexibility index (Phi) is 4.57. The molecule has 2 heterocycles. The molecule has 0 saturated carbocycles. The topological polar surface area (TPSA) is 50.7 Å². The molecule has 5 heteroatoms. The lowest BCUT2D eigenvalue weighted by Crippen LogP contribution is -2.19. The van der Waals surface area contributed by atoms with Crippen molar-refractivity contribution in [2.45, 2.75) is 33.1 Å². The number of pyridine rings is 1. The predicted molar refractivity (Wildman–Crippen MR) is 90.8 cm³/mol. The standard InChI is InChI=1S/C15H19IN4/c1-5-17-14-11(16)12(15(2,3)4)19-13(20-14)10-8-6-7-9-18-10/h6-9H,5H2,1-4H3,(H,17,19,20). The summed E-state index contributed by atoms with van der Waals surface area (Å²) >= 11 is 2.32. The van der Waals surface area contributed by atoms with Crippen LogP contribution in [0.2, 0.25) is 0 Å². The fourth-order valence-corrected chi connectivity index (χ4v) is 3.08. The fraction of sp³-hybridized carbons (Fsp3) is 0.400. The minimum absolute atomic E-state index is 0.0346. The van der Waals surface area contributed by atoms with Crippen LogP contribution < -0.4 is 5.32 Å². The maximum absolute atomic E-state index is 4.74. The van der Waals surface area contributed by atoms with Gasteiger partial charge in [0.25, 0.3) is 0 Å². The number of hydrogen-bond donors (Lipinski definition) is 1. The molecular weight excluding hydrogens is 363 g/mol. The molecule has 2 aromatic rings. The van der Waals surface area contributed by atoms with Crippen molar-refractivity contribution in [2.24, 2.45) is 0 Å². The second kappa shape index (κ2) is 6.03. The molecule has 0 aliphatic heterocycles. The van der Waals surface area contributed by atoms with Crippen molar-refractivity contribution in [2.75, 3.05) is 11.9 Å². The highest BCUT2D eigenvalue weighted by Crippen LogP contribution is 2.31. The highest BCUT2D eigenvalue weighted by Gasteiger charge is 2.23. The molecule has 0 spiro atoms. The molecule has 0 fully saturated rings. The van der Waals surface area contributed by atoms with Gasteiger partial charge in [-0.05, 0) is 41.6 Å². The van der Waals surface area contributed by atoms with Crippen molar-refractivity contribution in [3.05, 3.63) is 33.7 Å². The third kappa shape index (κ3) is 3.26. The van der Waals surface area contributed by atoms with Crippen molar-refractivity contribution >= 4 is 28.4 Å². The van der Waals surface area contributed by atoms with Crippen molar-refractivity contribution in [3.63, 3.8) is 0 Å². The molecule has 2 aromatic heterocycles. The number of nitrogens with one attached hydrogen (secondary N) is 1. The van der Waals surface area contributed by atoms with E-state index in [1.54, 1.807) is 6.20 Å². The number of aromatic nitrogens is 3. The van der Waals surface area contributed by atoms with Gasteiger partial charge in [-0.2, -0.15) is 0 Å². The number of hydrogen-bond acceptors (Lipinski definition) is 4. The smallest absolute Gasteiger partial charge is 0.180 e. The maximum Gasteiger partial charge on any atom is 0.180 e. The molecule has 0 aliphatic carbocycles. The first-order valence-electron chi connectivity index (χ1n) is 6.66. The van der Waals surface area contributed by atoms with Gasteiger partial charge >= 0.3 is 0 Å². The Bertz CT molecular complexity index is 591. The predicted octanol–water partition coefficient (Wildman–Crippen LogP) is 3.87. The third-order valence-electron chi connectivity index (χ3n) is 2.80. The lowest BCUT2D eigenvalue weighted by atomic mass is 9.92. The van der Waals surface area contributed by atoms with E-state index in [-0.39, 0.29) is 5.41 Å². The zero-order chi connectivity index (χ0) is 14.8. The second-order valence-corrected chi connectivity index (χ2v) is 6.63. The van der Waals surface area contributed by atoms with Gasteiger partial charge in [-0.1, -0.05) is 26.8 Å². The minimum Gasteiger partial charge on any atom is -0.369 e. The first-order valence-corrected chi connectivity index (χ1v) is 7.74. The molecule has 0 aliphatic rings. The number of anilines is 1. The van der Waals surface area contributed by atoms with Crippen molar-refractivity contribution in [3.8, 4) is 11.5 Å². The molecule has 106 valence electrons. The average molecular weight is 382 g/mol. The van der Waals surface area contributed by atoms with E-state index in [4.69, 9.17) is 4.98 Å². The van der Waals surface area contributed by atoms with E-state index >= 15 is 0 Å². The highest BCUT2D eigenvalue weighted by molar-refractivity contribution is 14.1. The van der Waals surface area contributed by atoms with Crippen LogP contribution in [0.3, 0.4) is 0 Å². The molecule has 0 unspecified atom stereocenters. The number of nitrogens with zero attached hydrogens (tertiary/aromatic N) is 3. The van der Waals surface area contributed by atoms with Crippen LogP contribution in [-0.4, -0.2) is 21.5 Å². The fourth-order valence-electron chi connectivity index (χ4n) is 1.84. The van der Waals surface area contributed by atoms with Gasteiger partial charge in [-0.15, -0.1) is 0 Å². The number of rotatable bonds is 3. The summed E-state index contributed by atoms with van der Waals surface area (Å²) < 4.78 is 1.08. The van der Waals surface area contributed by atoms with E-state index in [1.807, 2.05) is 18.2 Å². The van der Waals surface area contributed by atoms with Gasteiger partial charge in [-0.3, -0.25) is 4.98 Å². The van der Waals surface area contributed by atoms with Crippen LogP contribution in [0.25, 0.3) is 11.5 Å². The highest BCUT2D eigenvalue weighted by atomic mass is 127. The third-order valence-corrected chi connectivity index (χ3v) is 3.82. The van der Waals surface area contributed by atoms with Crippen molar-refractivity contribution < 1.29 is 0 Å².